The van der Waals surface area contributed by atoms with E-state index in [1.165, 1.54) is 49.1 Å². The second-order valence-electron chi connectivity index (χ2n) is 12.8. The summed E-state index contributed by atoms with van der Waals surface area (Å²) in [6.45, 7) is 0. The van der Waals surface area contributed by atoms with Crippen molar-refractivity contribution in [1.29, 1.82) is 0 Å². The first-order valence-electron chi connectivity index (χ1n) is 16.8. The van der Waals surface area contributed by atoms with Gasteiger partial charge < -0.3 is 4.57 Å². The van der Waals surface area contributed by atoms with E-state index in [9.17, 15) is 0 Å². The predicted molar refractivity (Wildman–Crippen MR) is 203 cm³/mol. The van der Waals surface area contributed by atoms with Crippen molar-refractivity contribution in [3.8, 4) is 39.9 Å². The second kappa shape index (κ2) is 11.1. The zero-order valence-electron chi connectivity index (χ0n) is 26.7. The van der Waals surface area contributed by atoms with Crippen LogP contribution in [0.2, 0.25) is 0 Å². The lowest BCUT2D eigenvalue weighted by Crippen LogP contribution is -2.00. The average molecular weight is 627 g/mol. The lowest BCUT2D eigenvalue weighted by Gasteiger charge is -2.14. The fraction of sp³-hybridized carbons (Fsp3) is 0.0444. The first-order valence-corrected chi connectivity index (χ1v) is 16.8. The highest BCUT2D eigenvalue weighted by molar-refractivity contribution is 6.22. The molecule has 0 atom stereocenters. The van der Waals surface area contributed by atoms with Gasteiger partial charge in [0.05, 0.1) is 11.0 Å². The van der Waals surface area contributed by atoms with Gasteiger partial charge in [-0.3, -0.25) is 0 Å². The van der Waals surface area contributed by atoms with E-state index in [0.717, 1.165) is 40.6 Å². The molecule has 7 aromatic carbocycles. The van der Waals surface area contributed by atoms with E-state index in [-0.39, 0.29) is 0 Å². The molecule has 0 radical (unpaired) electrons. The molecule has 0 amide bonds. The Labute approximate surface area is 283 Å². The summed E-state index contributed by atoms with van der Waals surface area (Å²) < 4.78 is 2.45. The number of aromatic nitrogens is 4. The summed E-state index contributed by atoms with van der Waals surface area (Å²) in [6.07, 6.45) is 6.72. The highest BCUT2D eigenvalue weighted by atomic mass is 15.0. The Balaban J connectivity index is 1.14. The van der Waals surface area contributed by atoms with Gasteiger partial charge in [-0.2, -0.15) is 0 Å². The molecule has 0 fully saturated rings. The van der Waals surface area contributed by atoms with Crippen LogP contribution in [0.4, 0.5) is 0 Å². The molecule has 4 nitrogen and oxygen atoms in total. The Morgan fingerprint density at radius 1 is 0.469 bits per heavy atom. The summed E-state index contributed by atoms with van der Waals surface area (Å²) in [4.78, 5) is 14.8. The van der Waals surface area contributed by atoms with Crippen LogP contribution in [0, 0.1) is 0 Å². The number of allylic oxidation sites excluding steroid dienone is 1. The van der Waals surface area contributed by atoms with Crippen LogP contribution >= 0.6 is 0 Å². The number of rotatable bonds is 4. The van der Waals surface area contributed by atoms with Crippen molar-refractivity contribution in [2.24, 2.45) is 0 Å². The molecule has 49 heavy (non-hydrogen) atoms. The van der Waals surface area contributed by atoms with Gasteiger partial charge in [-0.25, -0.2) is 15.0 Å². The van der Waals surface area contributed by atoms with E-state index < -0.39 is 0 Å². The summed E-state index contributed by atoms with van der Waals surface area (Å²) in [7, 11) is 0. The van der Waals surface area contributed by atoms with E-state index in [0.29, 0.717) is 17.5 Å². The molecule has 0 spiro atoms. The van der Waals surface area contributed by atoms with Gasteiger partial charge >= 0.3 is 0 Å². The molecule has 2 heterocycles. The number of fused-ring (bicyclic) bond motifs is 8. The van der Waals surface area contributed by atoms with Crippen molar-refractivity contribution < 1.29 is 0 Å². The summed E-state index contributed by atoms with van der Waals surface area (Å²) in [5, 5.41) is 7.60. The minimum Gasteiger partial charge on any atom is -0.309 e. The summed E-state index contributed by atoms with van der Waals surface area (Å²) in [5.74, 6) is 1.99. The Morgan fingerprint density at radius 3 is 1.86 bits per heavy atom. The Morgan fingerprint density at radius 2 is 1.08 bits per heavy atom. The zero-order chi connectivity index (χ0) is 32.3. The Bertz CT molecular complexity index is 2700. The van der Waals surface area contributed by atoms with E-state index in [2.05, 4.69) is 102 Å². The minimum atomic E-state index is 0.659. The molecule has 1 aliphatic carbocycles. The normalized spacial score (nSPS) is 12.7. The number of nitrogens with zero attached hydrogens (tertiary/aromatic N) is 4. The topological polar surface area (TPSA) is 43.6 Å². The number of aryl methyl sites for hydroxylation is 1. The molecule has 2 aromatic heterocycles. The van der Waals surface area contributed by atoms with Gasteiger partial charge in [0.2, 0.25) is 0 Å². The molecule has 0 saturated heterocycles. The van der Waals surface area contributed by atoms with Gasteiger partial charge in [-0.1, -0.05) is 127 Å². The highest BCUT2D eigenvalue weighted by Gasteiger charge is 2.20. The summed E-state index contributed by atoms with van der Waals surface area (Å²) >= 11 is 0. The smallest absolute Gasteiger partial charge is 0.164 e. The van der Waals surface area contributed by atoms with Crippen LogP contribution in [0.25, 0.3) is 89.3 Å². The number of benzene rings is 7. The maximum Gasteiger partial charge on any atom is 0.164 e. The lowest BCUT2D eigenvalue weighted by atomic mass is 9.92. The number of hydrogen-bond donors (Lipinski definition) is 0. The van der Waals surface area contributed by atoms with Crippen LogP contribution in [0.15, 0.2) is 152 Å². The van der Waals surface area contributed by atoms with Crippen molar-refractivity contribution in [2.45, 2.75) is 12.8 Å². The molecule has 9 aromatic rings. The minimum absolute atomic E-state index is 0.659. The van der Waals surface area contributed by atoms with Crippen LogP contribution in [0.5, 0.6) is 0 Å². The molecule has 1 aliphatic rings. The SMILES string of the molecule is C1=Cc2ccc3c(c2CC1)c1c2ccccc2ccc1n3-c1ccc2cc(-c3nc(-c4ccccc4)nc(-c4ccccc4)n3)ccc2c1. The quantitative estimate of drug-likeness (QED) is 0.195. The van der Waals surface area contributed by atoms with Gasteiger partial charge in [0.1, 0.15) is 0 Å². The van der Waals surface area contributed by atoms with Gasteiger partial charge in [-0.15, -0.1) is 0 Å². The van der Waals surface area contributed by atoms with Crippen LogP contribution in [0.3, 0.4) is 0 Å². The molecule has 0 bridgehead atoms. The zero-order valence-corrected chi connectivity index (χ0v) is 26.7. The summed E-state index contributed by atoms with van der Waals surface area (Å²) in [6, 6.07) is 51.5. The Hall–Kier alpha value is -6.39. The molecular weight excluding hydrogens is 597 g/mol. The van der Waals surface area contributed by atoms with Gasteiger partial charge in [-0.05, 0) is 75.8 Å². The van der Waals surface area contributed by atoms with Crippen molar-refractivity contribution in [2.75, 3.05) is 0 Å². The lowest BCUT2D eigenvalue weighted by molar-refractivity contribution is 0.997. The molecular formula is C45H30N4. The monoisotopic (exact) mass is 626 g/mol. The van der Waals surface area contributed by atoms with E-state index in [4.69, 9.17) is 15.0 Å². The molecule has 0 aliphatic heterocycles. The van der Waals surface area contributed by atoms with Crippen molar-refractivity contribution >= 4 is 49.4 Å². The van der Waals surface area contributed by atoms with Gasteiger partial charge in [0.15, 0.2) is 17.5 Å². The third kappa shape index (κ3) is 4.56. The fourth-order valence-corrected chi connectivity index (χ4v) is 7.55. The van der Waals surface area contributed by atoms with Crippen LogP contribution in [-0.2, 0) is 6.42 Å². The van der Waals surface area contributed by atoms with Gasteiger partial charge in [0, 0.05) is 33.2 Å². The van der Waals surface area contributed by atoms with Crippen LogP contribution < -0.4 is 0 Å². The van der Waals surface area contributed by atoms with Crippen LogP contribution in [-0.4, -0.2) is 19.5 Å². The molecule has 0 saturated carbocycles. The van der Waals surface area contributed by atoms with Crippen molar-refractivity contribution in [3.63, 3.8) is 0 Å². The third-order valence-corrected chi connectivity index (χ3v) is 9.86. The Kier molecular flexibility index (Phi) is 6.28. The second-order valence-corrected chi connectivity index (χ2v) is 12.8. The summed E-state index contributed by atoms with van der Waals surface area (Å²) in [5.41, 5.74) is 9.31. The van der Waals surface area contributed by atoms with E-state index in [1.807, 2.05) is 60.7 Å². The first kappa shape index (κ1) is 27.7. The van der Waals surface area contributed by atoms with Gasteiger partial charge in [0.25, 0.3) is 0 Å². The molecule has 230 valence electrons. The molecule has 0 unspecified atom stereocenters. The van der Waals surface area contributed by atoms with E-state index >= 15 is 0 Å². The molecule has 4 heteroatoms. The maximum absolute atomic E-state index is 4.96. The van der Waals surface area contributed by atoms with Crippen LogP contribution in [0.1, 0.15) is 17.5 Å². The average Bonchev–Trinajstić information content (AvgIpc) is 3.53. The molecule has 10 rings (SSSR count). The van der Waals surface area contributed by atoms with Crippen molar-refractivity contribution in [3.05, 3.63) is 163 Å². The maximum atomic E-state index is 4.96. The molecule has 0 N–H and O–H groups in total. The highest BCUT2D eigenvalue weighted by Crippen LogP contribution is 2.41. The number of hydrogen-bond acceptors (Lipinski definition) is 3. The standard InChI is InChI=1S/C45H30N4/c1-3-13-31(14-4-1)43-46-44(32-15-5-2-6-16-32)48-45(47-43)35-20-19-34-28-36(24-21-33(34)27-35)49-39-25-22-29-11-7-9-17-37(29)41(39)42-38-18-10-8-12-30(38)23-26-40(42)49/h1-9,11-17,19-28H,10,18H2. The third-order valence-electron chi connectivity index (χ3n) is 9.86. The predicted octanol–water partition coefficient (Wildman–Crippen LogP) is 11.2. The van der Waals surface area contributed by atoms with E-state index in [1.54, 1.807) is 0 Å². The van der Waals surface area contributed by atoms with Crippen molar-refractivity contribution in [1.82, 2.24) is 19.5 Å². The fourth-order valence-electron chi connectivity index (χ4n) is 7.55. The largest absolute Gasteiger partial charge is 0.309 e. The first-order chi connectivity index (χ1) is 24.3.